The zero-order valence-electron chi connectivity index (χ0n) is 20.3. The number of fused-ring (bicyclic) bond motifs is 1. The third-order valence-corrected chi connectivity index (χ3v) is 6.80. The molecule has 1 aliphatic carbocycles. The van der Waals surface area contributed by atoms with Crippen molar-refractivity contribution in [1.82, 2.24) is 10.2 Å². The van der Waals surface area contributed by atoms with E-state index in [1.54, 1.807) is 4.90 Å². The van der Waals surface area contributed by atoms with Crippen molar-refractivity contribution in [2.24, 2.45) is 0 Å². The highest BCUT2D eigenvalue weighted by Gasteiger charge is 2.30. The molecular formula is C28H36N2O4. The number of carbonyl (C=O) groups is 2. The minimum atomic E-state index is -0.477. The molecule has 0 bridgehead atoms. The molecule has 2 aliphatic rings. The monoisotopic (exact) mass is 464 g/mol. The topological polar surface area (TPSA) is 67.9 Å². The van der Waals surface area contributed by atoms with E-state index < -0.39 is 6.04 Å². The van der Waals surface area contributed by atoms with Gasteiger partial charge in [0.05, 0.1) is 0 Å². The summed E-state index contributed by atoms with van der Waals surface area (Å²) in [5.41, 5.74) is 3.23. The summed E-state index contributed by atoms with van der Waals surface area (Å²) in [4.78, 5) is 28.5. The number of amides is 2. The molecule has 1 saturated carbocycles. The van der Waals surface area contributed by atoms with Crippen LogP contribution >= 0.6 is 0 Å². The van der Waals surface area contributed by atoms with Crippen LogP contribution in [0, 0.1) is 6.92 Å². The van der Waals surface area contributed by atoms with Crippen molar-refractivity contribution in [2.75, 3.05) is 13.2 Å². The lowest BCUT2D eigenvalue weighted by molar-refractivity contribution is -0.141. The molecule has 0 saturated heterocycles. The van der Waals surface area contributed by atoms with Gasteiger partial charge in [0.2, 0.25) is 11.8 Å². The molecule has 0 aromatic heterocycles. The smallest absolute Gasteiger partial charge is 0.243 e. The molecular weight excluding hydrogens is 428 g/mol. The summed E-state index contributed by atoms with van der Waals surface area (Å²) in [5.74, 6) is 1.44. The first-order valence-electron chi connectivity index (χ1n) is 12.6. The Morgan fingerprint density at radius 2 is 1.68 bits per heavy atom. The van der Waals surface area contributed by atoms with Crippen LogP contribution in [0.25, 0.3) is 0 Å². The highest BCUT2D eigenvalue weighted by atomic mass is 16.6. The highest BCUT2D eigenvalue weighted by Crippen LogP contribution is 2.31. The molecule has 6 nitrogen and oxygen atoms in total. The van der Waals surface area contributed by atoms with E-state index in [0.29, 0.717) is 39.0 Å². The first kappa shape index (κ1) is 24.1. The number of nitrogens with zero attached hydrogens (tertiary/aromatic N) is 1. The fourth-order valence-electron chi connectivity index (χ4n) is 4.82. The predicted octanol–water partition coefficient (Wildman–Crippen LogP) is 4.57. The number of ether oxygens (including phenoxy) is 2. The molecule has 1 fully saturated rings. The molecule has 0 radical (unpaired) electrons. The van der Waals surface area contributed by atoms with E-state index in [-0.39, 0.29) is 17.9 Å². The van der Waals surface area contributed by atoms with E-state index >= 15 is 0 Å². The molecule has 1 unspecified atom stereocenters. The van der Waals surface area contributed by atoms with Gasteiger partial charge in [0.25, 0.3) is 0 Å². The highest BCUT2D eigenvalue weighted by molar-refractivity contribution is 5.88. The number of rotatable bonds is 9. The largest absolute Gasteiger partial charge is 0.486 e. The van der Waals surface area contributed by atoms with Crippen LogP contribution in [0.3, 0.4) is 0 Å². The van der Waals surface area contributed by atoms with E-state index in [4.69, 9.17) is 9.47 Å². The number of aryl methyl sites for hydroxylation is 2. The SMILES string of the molecule is CCC(C(=O)NC1CCCC1)N(Cc1ccc(C)cc1)C(=O)CCc1ccc2c(c1)OCCO2. The Kier molecular flexibility index (Phi) is 8.09. The molecule has 0 spiro atoms. The van der Waals surface area contributed by atoms with Crippen molar-refractivity contribution in [3.8, 4) is 11.5 Å². The van der Waals surface area contributed by atoms with Gasteiger partial charge in [0.1, 0.15) is 19.3 Å². The predicted molar refractivity (Wildman–Crippen MR) is 132 cm³/mol. The normalized spacial score (nSPS) is 16.2. The Labute approximate surface area is 202 Å². The minimum absolute atomic E-state index is 0.0103. The van der Waals surface area contributed by atoms with Gasteiger partial charge in [-0.3, -0.25) is 9.59 Å². The van der Waals surface area contributed by atoms with Crippen LogP contribution in [-0.4, -0.2) is 42.0 Å². The number of hydrogen-bond donors (Lipinski definition) is 1. The average molecular weight is 465 g/mol. The number of carbonyl (C=O) groups excluding carboxylic acids is 2. The van der Waals surface area contributed by atoms with Crippen LogP contribution in [0.2, 0.25) is 0 Å². The second-order valence-corrected chi connectivity index (χ2v) is 9.40. The second-order valence-electron chi connectivity index (χ2n) is 9.40. The zero-order valence-corrected chi connectivity index (χ0v) is 20.3. The Morgan fingerprint density at radius 3 is 2.38 bits per heavy atom. The van der Waals surface area contributed by atoms with E-state index in [2.05, 4.69) is 5.32 Å². The van der Waals surface area contributed by atoms with Gasteiger partial charge in [0, 0.05) is 19.0 Å². The molecule has 34 heavy (non-hydrogen) atoms. The van der Waals surface area contributed by atoms with E-state index in [1.165, 1.54) is 5.56 Å². The van der Waals surface area contributed by atoms with Crippen LogP contribution < -0.4 is 14.8 Å². The Hall–Kier alpha value is -3.02. The lowest BCUT2D eigenvalue weighted by Crippen LogP contribution is -2.51. The maximum absolute atomic E-state index is 13.5. The first-order chi connectivity index (χ1) is 16.5. The van der Waals surface area contributed by atoms with Gasteiger partial charge in [-0.15, -0.1) is 0 Å². The Bertz CT molecular complexity index is 982. The molecule has 2 aromatic rings. The maximum atomic E-state index is 13.5. The standard InChI is InChI=1S/C28H36N2O4/c1-3-24(28(32)29-23-6-4-5-7-23)30(19-22-10-8-20(2)9-11-22)27(31)15-13-21-12-14-25-26(18-21)34-17-16-33-25/h8-12,14,18,23-24H,3-7,13,15-17,19H2,1-2H3,(H,29,32). The van der Waals surface area contributed by atoms with Gasteiger partial charge in [-0.1, -0.05) is 55.7 Å². The molecule has 4 rings (SSSR count). The van der Waals surface area contributed by atoms with Crippen molar-refractivity contribution in [1.29, 1.82) is 0 Å². The molecule has 1 N–H and O–H groups in total. The van der Waals surface area contributed by atoms with E-state index in [0.717, 1.165) is 48.3 Å². The lowest BCUT2D eigenvalue weighted by Gasteiger charge is -2.31. The van der Waals surface area contributed by atoms with Gasteiger partial charge in [0.15, 0.2) is 11.5 Å². The molecule has 1 atom stereocenters. The third-order valence-electron chi connectivity index (χ3n) is 6.80. The van der Waals surface area contributed by atoms with Crippen molar-refractivity contribution in [3.63, 3.8) is 0 Å². The lowest BCUT2D eigenvalue weighted by atomic mass is 10.0. The van der Waals surface area contributed by atoms with Crippen molar-refractivity contribution < 1.29 is 19.1 Å². The van der Waals surface area contributed by atoms with Crippen molar-refractivity contribution in [3.05, 3.63) is 59.2 Å². The van der Waals surface area contributed by atoms with Gasteiger partial charge in [-0.05, 0) is 55.9 Å². The maximum Gasteiger partial charge on any atom is 0.243 e. The zero-order chi connectivity index (χ0) is 23.9. The second kappa shape index (κ2) is 11.4. The van der Waals surface area contributed by atoms with Gasteiger partial charge >= 0.3 is 0 Å². The molecule has 1 aliphatic heterocycles. The minimum Gasteiger partial charge on any atom is -0.486 e. The van der Waals surface area contributed by atoms with Crippen LogP contribution in [0.5, 0.6) is 11.5 Å². The number of benzene rings is 2. The Balaban J connectivity index is 1.47. The van der Waals surface area contributed by atoms with E-state index in [1.807, 2.05) is 56.3 Å². The molecule has 1 heterocycles. The summed E-state index contributed by atoms with van der Waals surface area (Å²) in [7, 11) is 0. The number of nitrogens with one attached hydrogen (secondary N) is 1. The average Bonchev–Trinajstić information content (AvgIpc) is 3.36. The summed E-state index contributed by atoms with van der Waals surface area (Å²) in [6.45, 7) is 5.55. The van der Waals surface area contributed by atoms with Crippen LogP contribution in [-0.2, 0) is 22.6 Å². The van der Waals surface area contributed by atoms with Crippen LogP contribution in [0.15, 0.2) is 42.5 Å². The summed E-state index contributed by atoms with van der Waals surface area (Å²) < 4.78 is 11.3. The third kappa shape index (κ3) is 6.10. The summed E-state index contributed by atoms with van der Waals surface area (Å²) in [6.07, 6.45) is 5.86. The van der Waals surface area contributed by atoms with Crippen LogP contribution in [0.1, 0.15) is 62.1 Å². The van der Waals surface area contributed by atoms with Gasteiger partial charge < -0.3 is 19.7 Å². The van der Waals surface area contributed by atoms with E-state index in [9.17, 15) is 9.59 Å². The molecule has 182 valence electrons. The first-order valence-corrected chi connectivity index (χ1v) is 12.6. The molecule has 6 heteroatoms. The summed E-state index contributed by atoms with van der Waals surface area (Å²) in [6, 6.07) is 13.8. The molecule has 2 amide bonds. The Morgan fingerprint density at radius 1 is 1.00 bits per heavy atom. The fourth-order valence-corrected chi connectivity index (χ4v) is 4.82. The van der Waals surface area contributed by atoms with Crippen molar-refractivity contribution >= 4 is 11.8 Å². The fraction of sp³-hybridized carbons (Fsp3) is 0.500. The quantitative estimate of drug-likeness (QED) is 0.591. The summed E-state index contributed by atoms with van der Waals surface area (Å²) in [5, 5.41) is 3.20. The molecule has 2 aromatic carbocycles. The van der Waals surface area contributed by atoms with Gasteiger partial charge in [-0.25, -0.2) is 0 Å². The van der Waals surface area contributed by atoms with Crippen LogP contribution in [0.4, 0.5) is 0 Å². The van der Waals surface area contributed by atoms with Gasteiger partial charge in [-0.2, -0.15) is 0 Å². The van der Waals surface area contributed by atoms with Crippen molar-refractivity contribution in [2.45, 2.75) is 77.4 Å². The number of hydrogen-bond acceptors (Lipinski definition) is 4. The summed E-state index contributed by atoms with van der Waals surface area (Å²) >= 11 is 0.